The Morgan fingerprint density at radius 2 is 2.27 bits per heavy atom. The van der Waals surface area contributed by atoms with Crippen LogP contribution in [-0.2, 0) is 6.54 Å². The lowest BCUT2D eigenvalue weighted by molar-refractivity contribution is 0.222. The summed E-state index contributed by atoms with van der Waals surface area (Å²) in [7, 11) is 3.90. The van der Waals surface area contributed by atoms with Crippen molar-refractivity contribution in [3.63, 3.8) is 0 Å². The van der Waals surface area contributed by atoms with Crippen molar-refractivity contribution in [2.75, 3.05) is 20.6 Å². The van der Waals surface area contributed by atoms with Crippen LogP contribution in [0.2, 0.25) is 0 Å². The highest BCUT2D eigenvalue weighted by Crippen LogP contribution is 2.17. The lowest BCUT2D eigenvalue weighted by Crippen LogP contribution is -2.45. The first-order valence-corrected chi connectivity index (χ1v) is 7.28. The number of furan rings is 1. The first-order chi connectivity index (χ1) is 10.6. The number of carbonyl (C=O) groups excluding carboxylic acids is 1. The van der Waals surface area contributed by atoms with E-state index in [1.165, 1.54) is 0 Å². The molecule has 0 fully saturated rings. The maximum atomic E-state index is 12.0. The summed E-state index contributed by atoms with van der Waals surface area (Å²) in [6.45, 7) is 3.05. The molecule has 0 aliphatic rings. The molecule has 2 heterocycles. The van der Waals surface area contributed by atoms with Gasteiger partial charge in [0.25, 0.3) is 0 Å². The highest BCUT2D eigenvalue weighted by molar-refractivity contribution is 5.74. The molecule has 0 bridgehead atoms. The molecule has 7 nitrogen and oxygen atoms in total. The molecule has 2 atom stereocenters. The molecule has 2 aromatic heterocycles. The molecule has 22 heavy (non-hydrogen) atoms. The largest absolute Gasteiger partial charge is 0.468 e. The molecule has 0 spiro atoms. The van der Waals surface area contributed by atoms with Crippen LogP contribution >= 0.6 is 0 Å². The van der Waals surface area contributed by atoms with Crippen LogP contribution in [0.3, 0.4) is 0 Å². The van der Waals surface area contributed by atoms with E-state index in [2.05, 4.69) is 15.7 Å². The summed E-state index contributed by atoms with van der Waals surface area (Å²) in [6.07, 6.45) is 5.23. The van der Waals surface area contributed by atoms with Crippen molar-refractivity contribution < 1.29 is 9.21 Å². The third kappa shape index (κ3) is 4.63. The van der Waals surface area contributed by atoms with Crippen LogP contribution in [0.15, 0.2) is 41.3 Å². The second-order valence-electron chi connectivity index (χ2n) is 5.48. The molecule has 0 aromatic carbocycles. The molecule has 2 rings (SSSR count). The Labute approximate surface area is 130 Å². The first-order valence-electron chi connectivity index (χ1n) is 7.28. The number of aromatic nitrogens is 2. The van der Waals surface area contributed by atoms with Gasteiger partial charge in [-0.1, -0.05) is 0 Å². The van der Waals surface area contributed by atoms with E-state index in [1.807, 2.05) is 50.3 Å². The Morgan fingerprint density at radius 1 is 1.45 bits per heavy atom. The maximum absolute atomic E-state index is 12.0. The number of urea groups is 1. The second kappa shape index (κ2) is 7.65. The van der Waals surface area contributed by atoms with Gasteiger partial charge in [-0.15, -0.1) is 0 Å². The number of carbonyl (C=O) groups is 1. The Bertz CT molecular complexity index is 551. The molecular weight excluding hydrogens is 282 g/mol. The molecule has 2 aromatic rings. The van der Waals surface area contributed by atoms with Gasteiger partial charge < -0.3 is 15.1 Å². The number of likely N-dealkylation sites (N-methyl/N-ethyl adjacent to an activating group) is 1. The third-order valence-electron chi connectivity index (χ3n) is 3.35. The molecule has 7 heteroatoms. The monoisotopic (exact) mass is 305 g/mol. The minimum absolute atomic E-state index is 0.00201. The highest BCUT2D eigenvalue weighted by Gasteiger charge is 2.18. The molecule has 0 saturated heterocycles. The van der Waals surface area contributed by atoms with E-state index in [1.54, 1.807) is 17.1 Å². The summed E-state index contributed by atoms with van der Waals surface area (Å²) in [5, 5.41) is 9.90. The molecule has 120 valence electrons. The van der Waals surface area contributed by atoms with E-state index in [9.17, 15) is 4.79 Å². The molecule has 0 aliphatic carbocycles. The fraction of sp³-hybridized carbons (Fsp3) is 0.467. The van der Waals surface area contributed by atoms with Crippen molar-refractivity contribution in [3.05, 3.63) is 42.6 Å². The normalized spacial score (nSPS) is 13.8. The fourth-order valence-electron chi connectivity index (χ4n) is 2.22. The van der Waals surface area contributed by atoms with Gasteiger partial charge in [-0.05, 0) is 39.2 Å². The lowest BCUT2D eigenvalue weighted by atomic mass is 10.2. The van der Waals surface area contributed by atoms with Gasteiger partial charge in [0.2, 0.25) is 0 Å². The average molecular weight is 305 g/mol. The van der Waals surface area contributed by atoms with Crippen LogP contribution in [0.1, 0.15) is 18.7 Å². The van der Waals surface area contributed by atoms with E-state index in [0.717, 1.165) is 5.76 Å². The van der Waals surface area contributed by atoms with E-state index in [-0.39, 0.29) is 18.1 Å². The molecule has 0 aliphatic heterocycles. The number of hydrogen-bond donors (Lipinski definition) is 2. The first kappa shape index (κ1) is 16.1. The highest BCUT2D eigenvalue weighted by atomic mass is 16.3. The summed E-state index contributed by atoms with van der Waals surface area (Å²) in [4.78, 5) is 14.0. The molecule has 0 unspecified atom stereocenters. The van der Waals surface area contributed by atoms with Gasteiger partial charge in [-0.25, -0.2) is 4.79 Å². The van der Waals surface area contributed by atoms with Gasteiger partial charge in [0.1, 0.15) is 5.76 Å². The molecular formula is C15H23N5O2. The number of amides is 2. The molecule has 2 N–H and O–H groups in total. The van der Waals surface area contributed by atoms with Crippen LogP contribution in [0.25, 0.3) is 0 Å². The smallest absolute Gasteiger partial charge is 0.315 e. The van der Waals surface area contributed by atoms with Crippen molar-refractivity contribution in [3.8, 4) is 0 Å². The summed E-state index contributed by atoms with van der Waals surface area (Å²) < 4.78 is 7.20. The quantitative estimate of drug-likeness (QED) is 0.812. The van der Waals surface area contributed by atoms with E-state index >= 15 is 0 Å². The summed E-state index contributed by atoms with van der Waals surface area (Å²) in [6, 6.07) is 5.40. The fourth-order valence-corrected chi connectivity index (χ4v) is 2.22. The van der Waals surface area contributed by atoms with Gasteiger partial charge >= 0.3 is 6.03 Å². The Morgan fingerprint density at radius 3 is 2.86 bits per heavy atom. The Balaban J connectivity index is 1.78. The van der Waals surface area contributed by atoms with Crippen molar-refractivity contribution in [2.24, 2.45) is 0 Å². The number of nitrogens with one attached hydrogen (secondary N) is 2. The van der Waals surface area contributed by atoms with Gasteiger partial charge in [0, 0.05) is 25.0 Å². The predicted octanol–water partition coefficient (Wildman–Crippen LogP) is 1.47. The van der Waals surface area contributed by atoms with Crippen molar-refractivity contribution in [1.82, 2.24) is 25.3 Å². The van der Waals surface area contributed by atoms with Crippen LogP contribution in [0, 0.1) is 0 Å². The summed E-state index contributed by atoms with van der Waals surface area (Å²) in [5.74, 6) is 0.829. The number of rotatable bonds is 7. The minimum Gasteiger partial charge on any atom is -0.468 e. The van der Waals surface area contributed by atoms with Crippen LogP contribution in [-0.4, -0.2) is 47.4 Å². The average Bonchev–Trinajstić information content (AvgIpc) is 3.11. The Hall–Kier alpha value is -2.28. The predicted molar refractivity (Wildman–Crippen MR) is 83.4 cm³/mol. The van der Waals surface area contributed by atoms with Crippen molar-refractivity contribution in [2.45, 2.75) is 25.6 Å². The second-order valence-corrected chi connectivity index (χ2v) is 5.48. The summed E-state index contributed by atoms with van der Waals surface area (Å²) >= 11 is 0. The Kier molecular flexibility index (Phi) is 5.60. The molecule has 0 radical (unpaired) electrons. The maximum Gasteiger partial charge on any atom is 0.315 e. The van der Waals surface area contributed by atoms with Crippen LogP contribution in [0.5, 0.6) is 0 Å². The lowest BCUT2D eigenvalue weighted by Gasteiger charge is -2.23. The SMILES string of the molecule is C[C@H](Cn1cccn1)NC(=O)NC[C@@H](c1ccco1)N(C)C. The van der Waals surface area contributed by atoms with E-state index in [4.69, 9.17) is 4.42 Å². The topological polar surface area (TPSA) is 75.3 Å². The van der Waals surface area contributed by atoms with E-state index < -0.39 is 0 Å². The van der Waals surface area contributed by atoms with Crippen molar-refractivity contribution in [1.29, 1.82) is 0 Å². The third-order valence-corrected chi connectivity index (χ3v) is 3.35. The van der Waals surface area contributed by atoms with Gasteiger partial charge in [-0.2, -0.15) is 5.10 Å². The zero-order chi connectivity index (χ0) is 15.9. The van der Waals surface area contributed by atoms with Crippen LogP contribution in [0.4, 0.5) is 4.79 Å². The zero-order valence-electron chi connectivity index (χ0n) is 13.2. The standard InChI is InChI=1S/C15H23N5O2/c1-12(11-20-8-5-7-17-20)18-15(21)16-10-13(19(2)3)14-6-4-9-22-14/h4-9,12-13H,10-11H2,1-3H3,(H2,16,18,21)/t12-,13+/m1/s1. The van der Waals surface area contributed by atoms with E-state index in [0.29, 0.717) is 13.1 Å². The number of nitrogens with zero attached hydrogens (tertiary/aromatic N) is 3. The zero-order valence-corrected chi connectivity index (χ0v) is 13.2. The number of hydrogen-bond acceptors (Lipinski definition) is 4. The van der Waals surface area contributed by atoms with Gasteiger partial charge in [-0.3, -0.25) is 9.58 Å². The van der Waals surface area contributed by atoms with Gasteiger partial charge in [0.15, 0.2) is 0 Å². The van der Waals surface area contributed by atoms with Crippen molar-refractivity contribution >= 4 is 6.03 Å². The summed E-state index contributed by atoms with van der Waals surface area (Å²) in [5.41, 5.74) is 0. The van der Waals surface area contributed by atoms with Crippen LogP contribution < -0.4 is 10.6 Å². The molecule has 0 saturated carbocycles. The van der Waals surface area contributed by atoms with Gasteiger partial charge in [0.05, 0.1) is 18.8 Å². The minimum atomic E-state index is -0.196. The molecule has 2 amide bonds.